The van der Waals surface area contributed by atoms with E-state index in [1.165, 1.54) is 0 Å². The van der Waals surface area contributed by atoms with E-state index >= 15 is 0 Å². The quantitative estimate of drug-likeness (QED) is 0.346. The highest BCUT2D eigenvalue weighted by Gasteiger charge is 2.42. The number of nitrogens with zero attached hydrogens (tertiary/aromatic N) is 3. The van der Waals surface area contributed by atoms with Crippen LogP contribution < -0.4 is 15.0 Å². The van der Waals surface area contributed by atoms with Gasteiger partial charge in [-0.1, -0.05) is 18.2 Å². The van der Waals surface area contributed by atoms with Crippen LogP contribution in [0.1, 0.15) is 45.1 Å². The third kappa shape index (κ3) is 3.99. The summed E-state index contributed by atoms with van der Waals surface area (Å²) in [5.74, 6) is -0.201. The molecule has 0 amide bonds. The van der Waals surface area contributed by atoms with Crippen LogP contribution in [-0.2, 0) is 0 Å². The molecule has 1 saturated heterocycles. The van der Waals surface area contributed by atoms with Gasteiger partial charge in [0.05, 0.1) is 36.1 Å². The summed E-state index contributed by atoms with van der Waals surface area (Å²) in [6, 6.07) is 22.4. The number of hydrogen-bond acceptors (Lipinski definition) is 4. The predicted octanol–water partition coefficient (Wildman–Crippen LogP) is 5.37. The molecular weight excluding hydrogens is 472 g/mol. The number of carboxylic acid groups (broad SMARTS) is 1. The van der Waals surface area contributed by atoms with Gasteiger partial charge in [-0.15, -0.1) is 0 Å². The monoisotopic (exact) mass is 498 g/mol. The number of ether oxygens (including phenoxy) is 1. The van der Waals surface area contributed by atoms with Crippen LogP contribution in [0.3, 0.4) is 0 Å². The van der Waals surface area contributed by atoms with Gasteiger partial charge in [0, 0.05) is 23.3 Å². The van der Waals surface area contributed by atoms with Gasteiger partial charge in [-0.25, -0.2) is 4.79 Å². The van der Waals surface area contributed by atoms with Gasteiger partial charge in [-0.3, -0.25) is 4.98 Å². The summed E-state index contributed by atoms with van der Waals surface area (Å²) in [6.07, 6.45) is 1.78. The highest BCUT2D eigenvalue weighted by atomic mass is 32.1. The number of methoxy groups -OCH3 is 1. The number of para-hydroxylation sites is 1. The van der Waals surface area contributed by atoms with Crippen LogP contribution in [0.4, 0.5) is 5.69 Å². The van der Waals surface area contributed by atoms with E-state index in [0.717, 1.165) is 34.1 Å². The van der Waals surface area contributed by atoms with Crippen molar-refractivity contribution >= 4 is 29.0 Å². The Labute approximate surface area is 215 Å². The largest absolute Gasteiger partial charge is 0.497 e. The molecule has 1 fully saturated rings. The zero-order valence-electron chi connectivity index (χ0n) is 20.2. The lowest BCUT2D eigenvalue weighted by Crippen LogP contribution is -2.29. The first-order valence-electron chi connectivity index (χ1n) is 11.6. The fourth-order valence-corrected chi connectivity index (χ4v) is 5.34. The van der Waals surface area contributed by atoms with Crippen molar-refractivity contribution in [3.63, 3.8) is 0 Å². The Bertz CT molecular complexity index is 1430. The van der Waals surface area contributed by atoms with Gasteiger partial charge in [-0.05, 0) is 86.2 Å². The summed E-state index contributed by atoms with van der Waals surface area (Å²) >= 11 is 5.84. The first kappa shape index (κ1) is 23.6. The summed E-state index contributed by atoms with van der Waals surface area (Å²) < 4.78 is 7.35. The van der Waals surface area contributed by atoms with E-state index in [1.807, 2.05) is 73.0 Å². The molecule has 2 atom stereocenters. The number of anilines is 1. The SMILES string of the molecule is COc1ccc(N2C(=S)N[C@H](c3ccccn3)[C@H]2c2cc(C)n(-c3ccccc3C(=O)O)c2C)cc1. The third-order valence-corrected chi connectivity index (χ3v) is 6.93. The second-order valence-electron chi connectivity index (χ2n) is 8.68. The number of rotatable bonds is 6. The van der Waals surface area contributed by atoms with Gasteiger partial charge >= 0.3 is 5.97 Å². The maximum atomic E-state index is 12.0. The molecular formula is C28H26N4O3S. The van der Waals surface area contributed by atoms with Crippen molar-refractivity contribution in [2.75, 3.05) is 12.0 Å². The van der Waals surface area contributed by atoms with Gasteiger partial charge < -0.3 is 24.6 Å². The van der Waals surface area contributed by atoms with Gasteiger partial charge in [-0.2, -0.15) is 0 Å². The number of carbonyl (C=O) groups is 1. The minimum absolute atomic E-state index is 0.204. The molecule has 0 unspecified atom stereocenters. The fraction of sp³-hybridized carbons (Fsp3) is 0.179. The number of nitrogens with one attached hydrogen (secondary N) is 1. The number of carboxylic acids is 1. The average Bonchev–Trinajstić information content (AvgIpc) is 3.39. The Morgan fingerprint density at radius 3 is 2.44 bits per heavy atom. The molecule has 2 aromatic heterocycles. The standard InChI is InChI=1S/C28H26N4O3S/c1-17-16-22(18(2)31(17)24-10-5-4-8-21(24)27(33)34)26-25(23-9-6-7-15-29-23)30-28(36)32(26)19-11-13-20(35-3)14-12-19/h4-16,25-26H,1-3H3,(H,30,36)(H,33,34)/t25-,26-/m1/s1. The predicted molar refractivity (Wildman–Crippen MR) is 143 cm³/mol. The lowest BCUT2D eigenvalue weighted by atomic mass is 9.96. The number of hydrogen-bond donors (Lipinski definition) is 2. The third-order valence-electron chi connectivity index (χ3n) is 6.61. The summed E-state index contributed by atoms with van der Waals surface area (Å²) in [5.41, 5.74) is 5.58. The molecule has 2 aromatic carbocycles. The molecule has 5 rings (SSSR count). The van der Waals surface area contributed by atoms with E-state index < -0.39 is 5.97 Å². The van der Waals surface area contributed by atoms with Crippen molar-refractivity contribution in [1.29, 1.82) is 0 Å². The minimum Gasteiger partial charge on any atom is -0.497 e. The number of thiocarbonyl (C=S) groups is 1. The molecule has 0 radical (unpaired) electrons. The molecule has 8 heteroatoms. The average molecular weight is 499 g/mol. The van der Waals surface area contributed by atoms with E-state index in [4.69, 9.17) is 17.0 Å². The van der Waals surface area contributed by atoms with Gasteiger partial charge in [0.15, 0.2) is 5.11 Å². The minimum atomic E-state index is -0.963. The van der Waals surface area contributed by atoms with Crippen LogP contribution in [0.5, 0.6) is 5.75 Å². The zero-order valence-corrected chi connectivity index (χ0v) is 21.0. The van der Waals surface area contributed by atoms with Crippen LogP contribution in [-0.4, -0.2) is 32.8 Å². The van der Waals surface area contributed by atoms with Gasteiger partial charge in [0.25, 0.3) is 0 Å². The van der Waals surface area contributed by atoms with Crippen molar-refractivity contribution in [2.24, 2.45) is 0 Å². The van der Waals surface area contributed by atoms with Crippen molar-refractivity contribution in [3.05, 3.63) is 107 Å². The normalized spacial score (nSPS) is 17.2. The van der Waals surface area contributed by atoms with Crippen LogP contribution in [0, 0.1) is 13.8 Å². The van der Waals surface area contributed by atoms with Crippen molar-refractivity contribution in [3.8, 4) is 11.4 Å². The Morgan fingerprint density at radius 2 is 1.78 bits per heavy atom. The first-order valence-corrected chi connectivity index (χ1v) is 12.0. The Balaban J connectivity index is 1.69. The number of aromatic nitrogens is 2. The summed E-state index contributed by atoms with van der Waals surface area (Å²) in [7, 11) is 1.64. The first-order chi connectivity index (χ1) is 17.4. The summed E-state index contributed by atoms with van der Waals surface area (Å²) in [4.78, 5) is 18.7. The lowest BCUT2D eigenvalue weighted by molar-refractivity contribution is 0.0697. The Hall–Kier alpha value is -4.17. The molecule has 7 nitrogen and oxygen atoms in total. The molecule has 2 N–H and O–H groups in total. The maximum Gasteiger partial charge on any atom is 0.337 e. The molecule has 1 aliphatic rings. The van der Waals surface area contributed by atoms with E-state index in [0.29, 0.717) is 10.8 Å². The molecule has 0 aliphatic carbocycles. The highest BCUT2D eigenvalue weighted by molar-refractivity contribution is 7.80. The molecule has 182 valence electrons. The number of pyridine rings is 1. The van der Waals surface area contributed by atoms with E-state index in [1.54, 1.807) is 25.4 Å². The highest BCUT2D eigenvalue weighted by Crippen LogP contribution is 2.44. The van der Waals surface area contributed by atoms with Crippen LogP contribution >= 0.6 is 12.2 Å². The van der Waals surface area contributed by atoms with E-state index in [9.17, 15) is 9.90 Å². The number of benzene rings is 2. The van der Waals surface area contributed by atoms with Crippen LogP contribution in [0.2, 0.25) is 0 Å². The summed E-state index contributed by atoms with van der Waals surface area (Å²) in [6.45, 7) is 4.01. The lowest BCUT2D eigenvalue weighted by Gasteiger charge is -2.28. The second kappa shape index (κ2) is 9.47. The van der Waals surface area contributed by atoms with Gasteiger partial charge in [0.2, 0.25) is 0 Å². The molecule has 0 spiro atoms. The maximum absolute atomic E-state index is 12.0. The molecule has 3 heterocycles. The van der Waals surface area contributed by atoms with Crippen molar-refractivity contribution in [2.45, 2.75) is 25.9 Å². The van der Waals surface area contributed by atoms with Crippen LogP contribution in [0.15, 0.2) is 79.0 Å². The fourth-order valence-electron chi connectivity index (χ4n) is 5.00. The topological polar surface area (TPSA) is 79.6 Å². The Morgan fingerprint density at radius 1 is 1.06 bits per heavy atom. The Kier molecular flexibility index (Phi) is 6.20. The smallest absolute Gasteiger partial charge is 0.337 e. The molecule has 1 aliphatic heterocycles. The van der Waals surface area contributed by atoms with Crippen molar-refractivity contribution < 1.29 is 14.6 Å². The van der Waals surface area contributed by atoms with Crippen LogP contribution in [0.25, 0.3) is 5.69 Å². The summed E-state index contributed by atoms with van der Waals surface area (Å²) in [5, 5.41) is 13.9. The molecule has 0 saturated carbocycles. The van der Waals surface area contributed by atoms with Crippen molar-refractivity contribution in [1.82, 2.24) is 14.9 Å². The molecule has 36 heavy (non-hydrogen) atoms. The van der Waals surface area contributed by atoms with Gasteiger partial charge in [0.1, 0.15) is 5.75 Å². The van der Waals surface area contributed by atoms with E-state index in [2.05, 4.69) is 21.3 Å². The molecule has 4 aromatic rings. The number of aryl methyl sites for hydroxylation is 1. The zero-order chi connectivity index (χ0) is 25.4. The van der Waals surface area contributed by atoms with E-state index in [-0.39, 0.29) is 17.6 Å². The number of aromatic carboxylic acids is 1. The molecule has 0 bridgehead atoms. The second-order valence-corrected chi connectivity index (χ2v) is 9.07.